The summed E-state index contributed by atoms with van der Waals surface area (Å²) in [5, 5.41) is 0. The van der Waals surface area contributed by atoms with Crippen molar-refractivity contribution in [1.82, 2.24) is 0 Å². The van der Waals surface area contributed by atoms with Crippen LogP contribution in [0.4, 0.5) is 5.69 Å². The fourth-order valence-corrected chi connectivity index (χ4v) is 5.08. The van der Waals surface area contributed by atoms with Crippen LogP contribution in [0.2, 0.25) is 0 Å². The molecule has 1 aliphatic carbocycles. The van der Waals surface area contributed by atoms with E-state index in [1.54, 1.807) is 0 Å². The third-order valence-electron chi connectivity index (χ3n) is 5.54. The quantitative estimate of drug-likeness (QED) is 0.593. The predicted molar refractivity (Wildman–Crippen MR) is 105 cm³/mol. The van der Waals surface area contributed by atoms with Gasteiger partial charge in [-0.05, 0) is 55.7 Å². The summed E-state index contributed by atoms with van der Waals surface area (Å²) in [5.41, 5.74) is 3.96. The molecule has 1 aromatic carbocycles. The highest BCUT2D eigenvalue weighted by atomic mass is 79.9. The Bertz CT molecular complexity index is 565. The lowest BCUT2D eigenvalue weighted by Gasteiger charge is -2.34. The number of carbonyl (C=O) groups excluding carboxylic acids is 1. The van der Waals surface area contributed by atoms with Crippen molar-refractivity contribution in [2.75, 3.05) is 11.4 Å². The minimum Gasteiger partial charge on any atom is -0.312 e. The fraction of sp³-hybridized carbons (Fsp3) is 0.667. The van der Waals surface area contributed by atoms with Crippen LogP contribution in [0, 0.1) is 5.92 Å². The number of alkyl halides is 1. The number of aryl methyl sites for hydroxylation is 1. The molecule has 1 aliphatic heterocycles. The van der Waals surface area contributed by atoms with Crippen molar-refractivity contribution in [3.8, 4) is 0 Å². The monoisotopic (exact) mass is 391 g/mol. The summed E-state index contributed by atoms with van der Waals surface area (Å²) in [4.78, 5) is 15.6. The molecule has 3 rings (SSSR count). The summed E-state index contributed by atoms with van der Waals surface area (Å²) >= 11 is 3.79. The maximum absolute atomic E-state index is 13.0. The van der Waals surface area contributed by atoms with E-state index in [1.807, 2.05) is 0 Å². The third kappa shape index (κ3) is 4.22. The Hall–Kier alpha value is -0.830. The molecule has 1 atom stereocenters. The molecule has 0 aromatic heterocycles. The normalized spacial score (nSPS) is 19.8. The molecule has 24 heavy (non-hydrogen) atoms. The maximum Gasteiger partial charge on any atom is 0.230 e. The van der Waals surface area contributed by atoms with Crippen molar-refractivity contribution in [3.63, 3.8) is 0 Å². The van der Waals surface area contributed by atoms with Crippen molar-refractivity contribution in [3.05, 3.63) is 29.3 Å². The first-order valence-corrected chi connectivity index (χ1v) is 10.7. The molecule has 1 saturated carbocycles. The van der Waals surface area contributed by atoms with Crippen LogP contribution in [0.5, 0.6) is 0 Å². The number of hydrogen-bond donors (Lipinski definition) is 0. The smallest absolute Gasteiger partial charge is 0.230 e. The largest absolute Gasteiger partial charge is 0.312 e. The lowest BCUT2D eigenvalue weighted by Crippen LogP contribution is -2.40. The maximum atomic E-state index is 13.0. The van der Waals surface area contributed by atoms with E-state index < -0.39 is 0 Å². The molecular formula is C21H30BrNO. The van der Waals surface area contributed by atoms with Crippen molar-refractivity contribution in [1.29, 1.82) is 0 Å². The Labute approximate surface area is 155 Å². The highest BCUT2D eigenvalue weighted by Crippen LogP contribution is 2.33. The number of hydrogen-bond acceptors (Lipinski definition) is 1. The number of anilines is 1. The van der Waals surface area contributed by atoms with Crippen LogP contribution in [-0.4, -0.2) is 17.3 Å². The van der Waals surface area contributed by atoms with Gasteiger partial charge in [-0.25, -0.2) is 0 Å². The molecular weight excluding hydrogens is 362 g/mol. The molecule has 1 heterocycles. The lowest BCUT2D eigenvalue weighted by atomic mass is 9.87. The second-order valence-corrected chi connectivity index (χ2v) is 8.78. The van der Waals surface area contributed by atoms with E-state index in [2.05, 4.69) is 46.0 Å². The summed E-state index contributed by atoms with van der Waals surface area (Å²) in [6.07, 6.45) is 11.6. The van der Waals surface area contributed by atoms with Crippen LogP contribution < -0.4 is 4.90 Å². The van der Waals surface area contributed by atoms with Crippen LogP contribution in [0.1, 0.15) is 69.4 Å². The van der Waals surface area contributed by atoms with Crippen molar-refractivity contribution in [2.45, 2.75) is 76.0 Å². The topological polar surface area (TPSA) is 20.3 Å². The van der Waals surface area contributed by atoms with E-state index in [-0.39, 0.29) is 5.92 Å². The Morgan fingerprint density at radius 1 is 1.25 bits per heavy atom. The number of nitrogens with zero attached hydrogens (tertiary/aromatic N) is 1. The highest BCUT2D eigenvalue weighted by molar-refractivity contribution is 9.09. The van der Waals surface area contributed by atoms with Gasteiger partial charge in [-0.15, -0.1) is 0 Å². The number of rotatable bonds is 5. The van der Waals surface area contributed by atoms with Gasteiger partial charge in [-0.2, -0.15) is 0 Å². The molecule has 0 radical (unpaired) electrons. The second-order valence-electron chi connectivity index (χ2n) is 7.48. The van der Waals surface area contributed by atoms with Gasteiger partial charge in [-0.1, -0.05) is 60.7 Å². The second kappa shape index (κ2) is 8.51. The van der Waals surface area contributed by atoms with E-state index in [4.69, 9.17) is 0 Å². The highest BCUT2D eigenvalue weighted by Gasteiger charge is 2.29. The summed E-state index contributed by atoms with van der Waals surface area (Å²) < 4.78 is 0. The Morgan fingerprint density at radius 2 is 2.04 bits per heavy atom. The van der Waals surface area contributed by atoms with Crippen LogP contribution >= 0.6 is 15.9 Å². The third-order valence-corrected chi connectivity index (χ3v) is 6.32. The minimum absolute atomic E-state index is 0.265. The summed E-state index contributed by atoms with van der Waals surface area (Å²) in [5.74, 6) is 0.647. The first kappa shape index (κ1) is 18.0. The van der Waals surface area contributed by atoms with Gasteiger partial charge in [0, 0.05) is 23.0 Å². The molecule has 1 fully saturated rings. The molecule has 1 unspecified atom stereocenters. The molecule has 0 spiro atoms. The average molecular weight is 392 g/mol. The predicted octanol–water partition coefficient (Wildman–Crippen LogP) is 5.65. The summed E-state index contributed by atoms with van der Waals surface area (Å²) in [6.45, 7) is 3.13. The number of fused-ring (bicyclic) bond motifs is 1. The van der Waals surface area contributed by atoms with E-state index in [1.165, 1.54) is 48.9 Å². The summed E-state index contributed by atoms with van der Waals surface area (Å²) in [7, 11) is 0. The molecule has 2 aliphatic rings. The molecule has 1 aromatic rings. The van der Waals surface area contributed by atoms with Crippen LogP contribution in [0.3, 0.4) is 0 Å². The number of benzene rings is 1. The van der Waals surface area contributed by atoms with Crippen LogP contribution in [0.15, 0.2) is 18.2 Å². The molecule has 0 saturated heterocycles. The van der Waals surface area contributed by atoms with E-state index >= 15 is 0 Å². The van der Waals surface area contributed by atoms with E-state index in [0.29, 0.717) is 10.7 Å². The first-order valence-electron chi connectivity index (χ1n) is 9.76. The number of halogens is 1. The Morgan fingerprint density at radius 3 is 2.79 bits per heavy atom. The van der Waals surface area contributed by atoms with Gasteiger partial charge in [0.05, 0.1) is 0 Å². The number of carbonyl (C=O) groups is 1. The standard InChI is InChI=1S/C21H30BrNO/c1-2-7-19(22)15-16-11-12-20-18(14-16)10-6-13-23(20)21(24)17-8-4-3-5-9-17/h11-12,14,17,19H,2-10,13,15H2,1H3. The van der Waals surface area contributed by atoms with Crippen molar-refractivity contribution < 1.29 is 4.79 Å². The van der Waals surface area contributed by atoms with Crippen molar-refractivity contribution in [2.24, 2.45) is 5.92 Å². The van der Waals surface area contributed by atoms with Gasteiger partial charge >= 0.3 is 0 Å². The van der Waals surface area contributed by atoms with Gasteiger partial charge in [0.2, 0.25) is 5.91 Å². The fourth-order valence-electron chi connectivity index (χ4n) is 4.25. The van der Waals surface area contributed by atoms with Gasteiger partial charge in [0.25, 0.3) is 0 Å². The molecule has 1 amide bonds. The van der Waals surface area contributed by atoms with Crippen molar-refractivity contribution >= 4 is 27.5 Å². The van der Waals surface area contributed by atoms with Gasteiger partial charge in [0.1, 0.15) is 0 Å². The Kier molecular flexibility index (Phi) is 6.37. The van der Waals surface area contributed by atoms with Crippen LogP contribution in [-0.2, 0) is 17.6 Å². The molecule has 3 heteroatoms. The summed E-state index contributed by atoms with van der Waals surface area (Å²) in [6, 6.07) is 6.78. The Balaban J connectivity index is 1.74. The van der Waals surface area contributed by atoms with E-state index in [9.17, 15) is 4.79 Å². The molecule has 0 bridgehead atoms. The van der Waals surface area contributed by atoms with Gasteiger partial charge in [0.15, 0.2) is 0 Å². The van der Waals surface area contributed by atoms with Crippen LogP contribution in [0.25, 0.3) is 0 Å². The zero-order valence-electron chi connectivity index (χ0n) is 14.9. The molecule has 2 nitrogen and oxygen atoms in total. The zero-order chi connectivity index (χ0) is 16.9. The SMILES string of the molecule is CCCC(Br)Cc1ccc2c(c1)CCCN2C(=O)C1CCCCC1. The first-order chi connectivity index (χ1) is 11.7. The lowest BCUT2D eigenvalue weighted by molar-refractivity contribution is -0.123. The molecule has 132 valence electrons. The van der Waals surface area contributed by atoms with Gasteiger partial charge in [-0.3, -0.25) is 4.79 Å². The molecule has 0 N–H and O–H groups in total. The minimum atomic E-state index is 0.265. The zero-order valence-corrected chi connectivity index (χ0v) is 16.5. The van der Waals surface area contributed by atoms with Gasteiger partial charge < -0.3 is 4.90 Å². The number of amides is 1. The average Bonchev–Trinajstić information content (AvgIpc) is 2.61. The van der Waals surface area contributed by atoms with E-state index in [0.717, 1.165) is 38.6 Å².